The van der Waals surface area contributed by atoms with E-state index in [4.69, 9.17) is 0 Å². The van der Waals surface area contributed by atoms with Gasteiger partial charge in [0.2, 0.25) is 0 Å². The Morgan fingerprint density at radius 2 is 1.80 bits per heavy atom. The second-order valence-corrected chi connectivity index (χ2v) is 4.62. The van der Waals surface area contributed by atoms with Crippen molar-refractivity contribution in [3.8, 4) is 0 Å². The molecule has 1 aromatic rings. The van der Waals surface area contributed by atoms with Crippen LogP contribution < -0.4 is 0 Å². The van der Waals surface area contributed by atoms with E-state index in [1.807, 2.05) is 0 Å². The number of nitrogens with one attached hydrogen (secondary N) is 1. The molecule has 0 fully saturated rings. The summed E-state index contributed by atoms with van der Waals surface area (Å²) >= 11 is 0. The number of aliphatic hydroxyl groups excluding tert-OH is 1. The molecule has 2 nitrogen and oxygen atoms in total. The third kappa shape index (κ3) is 2.43. The fraction of sp³-hybridized carbons (Fsp3) is 0.692. The molecule has 0 spiro atoms. The third-order valence-electron chi connectivity index (χ3n) is 3.43. The molecular formula is C13H23NO. The summed E-state index contributed by atoms with van der Waals surface area (Å²) in [6.45, 7) is 10.5. The van der Waals surface area contributed by atoms with Crippen molar-refractivity contribution in [1.29, 1.82) is 0 Å². The van der Waals surface area contributed by atoms with Crippen molar-refractivity contribution in [2.24, 2.45) is 5.92 Å². The van der Waals surface area contributed by atoms with Gasteiger partial charge in [0.1, 0.15) is 0 Å². The number of aryl methyl sites for hydroxylation is 1. The average Bonchev–Trinajstić information content (AvgIpc) is 2.45. The van der Waals surface area contributed by atoms with Crippen LogP contribution in [0.15, 0.2) is 0 Å². The number of aliphatic hydroxyl groups is 1. The van der Waals surface area contributed by atoms with Gasteiger partial charge in [-0.25, -0.2) is 0 Å². The van der Waals surface area contributed by atoms with E-state index < -0.39 is 0 Å². The molecule has 1 rings (SSSR count). The van der Waals surface area contributed by atoms with Crippen molar-refractivity contribution in [1.82, 2.24) is 4.98 Å². The molecule has 86 valence electrons. The van der Waals surface area contributed by atoms with Crippen molar-refractivity contribution in [3.63, 3.8) is 0 Å². The minimum absolute atomic E-state index is 0.325. The summed E-state index contributed by atoms with van der Waals surface area (Å²) in [7, 11) is 0. The lowest BCUT2D eigenvalue weighted by atomic mass is 9.95. The molecule has 2 unspecified atom stereocenters. The van der Waals surface area contributed by atoms with E-state index in [1.165, 1.54) is 16.8 Å². The predicted octanol–water partition coefficient (Wildman–Crippen LogP) is 3.41. The van der Waals surface area contributed by atoms with Gasteiger partial charge >= 0.3 is 0 Å². The number of H-pyrrole nitrogens is 1. The summed E-state index contributed by atoms with van der Waals surface area (Å²) in [6, 6.07) is 0. The van der Waals surface area contributed by atoms with Crippen LogP contribution in [-0.4, -0.2) is 10.1 Å². The Kier molecular flexibility index (Phi) is 3.97. The molecule has 15 heavy (non-hydrogen) atoms. The van der Waals surface area contributed by atoms with Crippen LogP contribution in [-0.2, 0) is 0 Å². The van der Waals surface area contributed by atoms with Crippen LogP contribution in [0.3, 0.4) is 0 Å². The maximum atomic E-state index is 10.2. The second kappa shape index (κ2) is 4.84. The van der Waals surface area contributed by atoms with Crippen molar-refractivity contribution < 1.29 is 5.11 Å². The minimum atomic E-state index is -0.350. The van der Waals surface area contributed by atoms with E-state index in [1.54, 1.807) is 0 Å². The first-order valence-electron chi connectivity index (χ1n) is 5.82. The van der Waals surface area contributed by atoms with Crippen LogP contribution in [0, 0.1) is 26.7 Å². The van der Waals surface area contributed by atoms with E-state index in [0.29, 0.717) is 5.92 Å². The van der Waals surface area contributed by atoms with Crippen molar-refractivity contribution in [2.75, 3.05) is 0 Å². The molecule has 0 saturated carbocycles. The fourth-order valence-corrected chi connectivity index (χ4v) is 2.07. The molecule has 1 aromatic heterocycles. The molecule has 2 N–H and O–H groups in total. The van der Waals surface area contributed by atoms with Gasteiger partial charge in [0.25, 0.3) is 0 Å². The standard InChI is InChI=1S/C13H23NO/c1-6-7-8(2)13(15)12-10(4)9(3)11(5)14-12/h8,13-15H,6-7H2,1-5H3. The van der Waals surface area contributed by atoms with Crippen LogP contribution in [0.5, 0.6) is 0 Å². The van der Waals surface area contributed by atoms with E-state index in [-0.39, 0.29) is 6.10 Å². The number of hydrogen-bond acceptors (Lipinski definition) is 1. The number of aromatic amines is 1. The lowest BCUT2D eigenvalue weighted by molar-refractivity contribution is 0.108. The van der Waals surface area contributed by atoms with Crippen LogP contribution in [0.1, 0.15) is 55.3 Å². The maximum absolute atomic E-state index is 10.2. The quantitative estimate of drug-likeness (QED) is 0.783. The van der Waals surface area contributed by atoms with Gasteiger partial charge in [0, 0.05) is 11.4 Å². The van der Waals surface area contributed by atoms with Crippen molar-refractivity contribution in [3.05, 3.63) is 22.5 Å². The van der Waals surface area contributed by atoms with E-state index in [2.05, 4.69) is 39.6 Å². The zero-order chi connectivity index (χ0) is 11.6. The molecule has 0 saturated heterocycles. The van der Waals surface area contributed by atoms with Crippen LogP contribution >= 0.6 is 0 Å². The Balaban J connectivity index is 2.90. The van der Waals surface area contributed by atoms with Gasteiger partial charge in [0.15, 0.2) is 0 Å². The highest BCUT2D eigenvalue weighted by Gasteiger charge is 2.20. The molecule has 0 radical (unpaired) electrons. The van der Waals surface area contributed by atoms with E-state index in [0.717, 1.165) is 18.5 Å². The highest BCUT2D eigenvalue weighted by atomic mass is 16.3. The molecule has 0 bridgehead atoms. The summed E-state index contributed by atoms with van der Waals surface area (Å²) in [5.41, 5.74) is 4.66. The molecule has 0 aliphatic rings. The summed E-state index contributed by atoms with van der Waals surface area (Å²) in [5.74, 6) is 0.325. The monoisotopic (exact) mass is 209 g/mol. The van der Waals surface area contributed by atoms with Gasteiger partial charge in [-0.3, -0.25) is 0 Å². The van der Waals surface area contributed by atoms with Gasteiger partial charge in [-0.1, -0.05) is 20.3 Å². The maximum Gasteiger partial charge on any atom is 0.0965 e. The zero-order valence-electron chi connectivity index (χ0n) is 10.5. The zero-order valence-corrected chi connectivity index (χ0v) is 10.5. The Morgan fingerprint density at radius 3 is 2.20 bits per heavy atom. The smallest absolute Gasteiger partial charge is 0.0965 e. The number of aromatic nitrogens is 1. The molecule has 0 aromatic carbocycles. The Morgan fingerprint density at radius 1 is 1.20 bits per heavy atom. The molecule has 0 aliphatic heterocycles. The fourth-order valence-electron chi connectivity index (χ4n) is 2.07. The summed E-state index contributed by atoms with van der Waals surface area (Å²) in [5, 5.41) is 10.2. The lowest BCUT2D eigenvalue weighted by Crippen LogP contribution is -2.10. The number of rotatable bonds is 4. The number of hydrogen-bond donors (Lipinski definition) is 2. The minimum Gasteiger partial charge on any atom is -0.387 e. The van der Waals surface area contributed by atoms with E-state index in [9.17, 15) is 5.11 Å². The Bertz CT molecular complexity index is 328. The van der Waals surface area contributed by atoms with Gasteiger partial charge < -0.3 is 10.1 Å². The lowest BCUT2D eigenvalue weighted by Gasteiger charge is -2.18. The first-order valence-corrected chi connectivity index (χ1v) is 5.82. The Hall–Kier alpha value is -0.760. The molecule has 0 amide bonds. The van der Waals surface area contributed by atoms with Gasteiger partial charge in [-0.15, -0.1) is 0 Å². The van der Waals surface area contributed by atoms with Crippen molar-refractivity contribution in [2.45, 2.75) is 53.6 Å². The largest absolute Gasteiger partial charge is 0.387 e. The normalized spacial score (nSPS) is 15.3. The third-order valence-corrected chi connectivity index (χ3v) is 3.43. The van der Waals surface area contributed by atoms with E-state index >= 15 is 0 Å². The molecule has 0 aliphatic carbocycles. The molecule has 1 heterocycles. The SMILES string of the molecule is CCCC(C)C(O)c1[nH]c(C)c(C)c1C. The van der Waals surface area contributed by atoms with Crippen LogP contribution in [0.2, 0.25) is 0 Å². The molecule has 2 atom stereocenters. The van der Waals surface area contributed by atoms with Gasteiger partial charge in [0.05, 0.1) is 6.10 Å². The van der Waals surface area contributed by atoms with Crippen LogP contribution in [0.25, 0.3) is 0 Å². The van der Waals surface area contributed by atoms with Crippen LogP contribution in [0.4, 0.5) is 0 Å². The highest BCUT2D eigenvalue weighted by molar-refractivity contribution is 5.35. The topological polar surface area (TPSA) is 36.0 Å². The van der Waals surface area contributed by atoms with Crippen molar-refractivity contribution >= 4 is 0 Å². The summed E-state index contributed by atoms with van der Waals surface area (Å²) in [4.78, 5) is 3.30. The molecule has 2 heteroatoms. The van der Waals surface area contributed by atoms with Gasteiger partial charge in [-0.2, -0.15) is 0 Å². The highest BCUT2D eigenvalue weighted by Crippen LogP contribution is 2.29. The average molecular weight is 209 g/mol. The summed E-state index contributed by atoms with van der Waals surface area (Å²) in [6.07, 6.45) is 1.84. The van der Waals surface area contributed by atoms with Gasteiger partial charge in [-0.05, 0) is 44.2 Å². The first kappa shape index (κ1) is 12.3. The molecular weight excluding hydrogens is 186 g/mol. The predicted molar refractivity (Wildman–Crippen MR) is 64.0 cm³/mol. The first-order chi connectivity index (χ1) is 6.99. The summed E-state index contributed by atoms with van der Waals surface area (Å²) < 4.78 is 0. The second-order valence-electron chi connectivity index (χ2n) is 4.62. The Labute approximate surface area is 92.7 Å².